The van der Waals surface area contributed by atoms with Gasteiger partial charge in [-0.3, -0.25) is 4.79 Å². The van der Waals surface area contributed by atoms with Crippen LogP contribution in [-0.2, 0) is 4.79 Å². The standard InChI is InChI=1S/C15H24N2O3/c1-8(6-9-2-3-9)16-15(20)17-13-11-5-4-10(7-11)12(13)14(18)19/h8-13H,2-7H2,1H3,(H,18,19)(H2,16,17,20). The Bertz CT molecular complexity index is 408. The lowest BCUT2D eigenvalue weighted by molar-refractivity contribution is -0.144. The Morgan fingerprint density at radius 1 is 1.20 bits per heavy atom. The molecule has 5 atom stereocenters. The van der Waals surface area contributed by atoms with Crippen molar-refractivity contribution in [3.8, 4) is 0 Å². The van der Waals surface area contributed by atoms with Gasteiger partial charge >= 0.3 is 12.0 Å². The third-order valence-electron chi connectivity index (χ3n) is 5.26. The van der Waals surface area contributed by atoms with Gasteiger partial charge < -0.3 is 15.7 Å². The molecule has 5 heteroatoms. The number of hydrogen-bond donors (Lipinski definition) is 3. The average Bonchev–Trinajstić information content (AvgIpc) is 2.94. The summed E-state index contributed by atoms with van der Waals surface area (Å²) in [5, 5.41) is 15.2. The first-order chi connectivity index (χ1) is 9.54. The summed E-state index contributed by atoms with van der Waals surface area (Å²) in [6, 6.07) is -0.203. The highest BCUT2D eigenvalue weighted by Gasteiger charge is 2.51. The lowest BCUT2D eigenvalue weighted by Crippen LogP contribution is -2.51. The Labute approximate surface area is 119 Å². The van der Waals surface area contributed by atoms with E-state index >= 15 is 0 Å². The summed E-state index contributed by atoms with van der Waals surface area (Å²) in [5.41, 5.74) is 0. The lowest BCUT2D eigenvalue weighted by atomic mass is 9.84. The first-order valence-corrected chi connectivity index (χ1v) is 7.84. The van der Waals surface area contributed by atoms with E-state index in [1.54, 1.807) is 0 Å². The van der Waals surface area contributed by atoms with Gasteiger partial charge in [0.1, 0.15) is 0 Å². The molecule has 5 unspecified atom stereocenters. The first-order valence-electron chi connectivity index (χ1n) is 7.84. The van der Waals surface area contributed by atoms with Crippen molar-refractivity contribution in [2.24, 2.45) is 23.7 Å². The zero-order valence-corrected chi connectivity index (χ0v) is 12.0. The molecule has 3 N–H and O–H groups in total. The number of aliphatic carboxylic acids is 1. The van der Waals surface area contributed by atoms with Crippen molar-refractivity contribution in [3.63, 3.8) is 0 Å². The van der Waals surface area contributed by atoms with Crippen LogP contribution >= 0.6 is 0 Å². The fourth-order valence-corrected chi connectivity index (χ4v) is 4.18. The summed E-state index contributed by atoms with van der Waals surface area (Å²) in [4.78, 5) is 23.4. The first kappa shape index (κ1) is 13.7. The van der Waals surface area contributed by atoms with Gasteiger partial charge in [-0.1, -0.05) is 12.8 Å². The van der Waals surface area contributed by atoms with Crippen molar-refractivity contribution in [2.45, 2.75) is 57.5 Å². The smallest absolute Gasteiger partial charge is 0.315 e. The second-order valence-electron chi connectivity index (χ2n) is 6.92. The maximum atomic E-state index is 12.0. The van der Waals surface area contributed by atoms with E-state index in [1.807, 2.05) is 6.92 Å². The summed E-state index contributed by atoms with van der Waals surface area (Å²) in [5.74, 6) is 0.239. The van der Waals surface area contributed by atoms with Gasteiger partial charge in [-0.2, -0.15) is 0 Å². The molecule has 0 spiro atoms. The number of carbonyl (C=O) groups excluding carboxylic acids is 1. The van der Waals surface area contributed by atoms with E-state index in [0.29, 0.717) is 5.92 Å². The minimum atomic E-state index is -0.756. The largest absolute Gasteiger partial charge is 0.481 e. The van der Waals surface area contributed by atoms with Gasteiger partial charge in [0, 0.05) is 12.1 Å². The van der Waals surface area contributed by atoms with Gasteiger partial charge in [0.25, 0.3) is 0 Å². The third kappa shape index (κ3) is 2.76. The topological polar surface area (TPSA) is 78.4 Å². The summed E-state index contributed by atoms with van der Waals surface area (Å²) in [7, 11) is 0. The highest BCUT2D eigenvalue weighted by atomic mass is 16.4. The summed E-state index contributed by atoms with van der Waals surface area (Å²) in [6.07, 6.45) is 6.60. The number of carboxylic acids is 1. The molecule has 0 aromatic rings. The molecule has 0 aliphatic heterocycles. The van der Waals surface area contributed by atoms with Crippen molar-refractivity contribution in [1.82, 2.24) is 10.6 Å². The van der Waals surface area contributed by atoms with Crippen LogP contribution in [0.2, 0.25) is 0 Å². The van der Waals surface area contributed by atoms with Crippen molar-refractivity contribution >= 4 is 12.0 Å². The summed E-state index contributed by atoms with van der Waals surface area (Å²) < 4.78 is 0. The number of carbonyl (C=O) groups is 2. The molecule has 0 radical (unpaired) electrons. The molecule has 3 aliphatic rings. The van der Waals surface area contributed by atoms with E-state index in [-0.39, 0.29) is 24.0 Å². The minimum Gasteiger partial charge on any atom is -0.481 e. The second kappa shape index (κ2) is 5.26. The number of urea groups is 1. The fourth-order valence-electron chi connectivity index (χ4n) is 4.18. The van der Waals surface area contributed by atoms with E-state index in [0.717, 1.165) is 31.6 Å². The lowest BCUT2D eigenvalue weighted by Gasteiger charge is -2.29. The number of nitrogens with one attached hydrogen (secondary N) is 2. The highest BCUT2D eigenvalue weighted by molar-refractivity contribution is 5.77. The normalized spacial score (nSPS) is 36.6. The van der Waals surface area contributed by atoms with E-state index in [4.69, 9.17) is 0 Å². The van der Waals surface area contributed by atoms with Gasteiger partial charge in [-0.15, -0.1) is 0 Å². The number of carboxylic acid groups (broad SMARTS) is 1. The molecule has 3 aliphatic carbocycles. The van der Waals surface area contributed by atoms with Gasteiger partial charge in [0.05, 0.1) is 5.92 Å². The maximum absolute atomic E-state index is 12.0. The number of rotatable bonds is 5. The molecular formula is C15H24N2O3. The van der Waals surface area contributed by atoms with Crippen LogP contribution in [0.15, 0.2) is 0 Å². The van der Waals surface area contributed by atoms with Gasteiger partial charge in [0.2, 0.25) is 0 Å². The predicted octanol–water partition coefficient (Wildman–Crippen LogP) is 1.97. The van der Waals surface area contributed by atoms with Crippen LogP contribution in [0.3, 0.4) is 0 Å². The Morgan fingerprint density at radius 3 is 2.55 bits per heavy atom. The van der Waals surface area contributed by atoms with Crippen molar-refractivity contribution in [2.75, 3.05) is 0 Å². The summed E-state index contributed by atoms with van der Waals surface area (Å²) in [6.45, 7) is 2.02. The summed E-state index contributed by atoms with van der Waals surface area (Å²) >= 11 is 0. The van der Waals surface area contributed by atoms with E-state index < -0.39 is 11.9 Å². The number of amides is 2. The Balaban J connectivity index is 1.53. The molecule has 2 amide bonds. The second-order valence-corrected chi connectivity index (χ2v) is 6.92. The predicted molar refractivity (Wildman–Crippen MR) is 74.2 cm³/mol. The SMILES string of the molecule is CC(CC1CC1)NC(=O)NC1C2CCC(C2)C1C(=O)O. The van der Waals surface area contributed by atoms with Crippen LogP contribution in [0, 0.1) is 23.7 Å². The quantitative estimate of drug-likeness (QED) is 0.720. The molecule has 5 nitrogen and oxygen atoms in total. The van der Waals surface area contributed by atoms with E-state index in [9.17, 15) is 14.7 Å². The monoisotopic (exact) mass is 280 g/mol. The van der Waals surface area contributed by atoms with Gasteiger partial charge in [-0.05, 0) is 50.4 Å². The van der Waals surface area contributed by atoms with E-state index in [2.05, 4.69) is 10.6 Å². The molecule has 3 fully saturated rings. The molecule has 0 saturated heterocycles. The van der Waals surface area contributed by atoms with Gasteiger partial charge in [0.15, 0.2) is 0 Å². The van der Waals surface area contributed by atoms with Crippen LogP contribution < -0.4 is 10.6 Å². The molecule has 20 heavy (non-hydrogen) atoms. The third-order valence-corrected chi connectivity index (χ3v) is 5.26. The van der Waals surface area contributed by atoms with Crippen LogP contribution in [0.4, 0.5) is 4.79 Å². The molecule has 3 rings (SSSR count). The molecule has 0 aromatic heterocycles. The van der Waals surface area contributed by atoms with Gasteiger partial charge in [-0.25, -0.2) is 4.79 Å². The van der Waals surface area contributed by atoms with Crippen molar-refractivity contribution in [3.05, 3.63) is 0 Å². The maximum Gasteiger partial charge on any atom is 0.315 e. The Hall–Kier alpha value is -1.26. The van der Waals surface area contributed by atoms with Crippen LogP contribution in [0.5, 0.6) is 0 Å². The fraction of sp³-hybridized carbons (Fsp3) is 0.867. The van der Waals surface area contributed by atoms with Crippen molar-refractivity contribution < 1.29 is 14.7 Å². The van der Waals surface area contributed by atoms with Crippen LogP contribution in [0.1, 0.15) is 45.4 Å². The number of hydrogen-bond acceptors (Lipinski definition) is 2. The zero-order valence-electron chi connectivity index (χ0n) is 12.0. The molecular weight excluding hydrogens is 256 g/mol. The number of fused-ring (bicyclic) bond motifs is 2. The Kier molecular flexibility index (Phi) is 3.61. The zero-order chi connectivity index (χ0) is 14.3. The molecule has 112 valence electrons. The molecule has 0 aromatic carbocycles. The molecule has 2 bridgehead atoms. The van der Waals surface area contributed by atoms with Crippen LogP contribution in [-0.4, -0.2) is 29.2 Å². The minimum absolute atomic E-state index is 0.171. The average molecular weight is 280 g/mol. The van der Waals surface area contributed by atoms with E-state index in [1.165, 1.54) is 12.8 Å². The Morgan fingerprint density at radius 2 is 1.90 bits per heavy atom. The molecule has 0 heterocycles. The van der Waals surface area contributed by atoms with Crippen LogP contribution in [0.25, 0.3) is 0 Å². The van der Waals surface area contributed by atoms with Crippen molar-refractivity contribution in [1.29, 1.82) is 0 Å². The highest BCUT2D eigenvalue weighted by Crippen LogP contribution is 2.48. The molecule has 3 saturated carbocycles.